The number of hydrogen-bond acceptors (Lipinski definition) is 5. The predicted octanol–water partition coefficient (Wildman–Crippen LogP) is 2.06. The van der Waals surface area contributed by atoms with E-state index >= 15 is 0 Å². The van der Waals surface area contributed by atoms with Gasteiger partial charge in [0.05, 0.1) is 11.1 Å². The van der Waals surface area contributed by atoms with Gasteiger partial charge < -0.3 is 5.11 Å². The van der Waals surface area contributed by atoms with E-state index in [1.807, 2.05) is 0 Å². The Morgan fingerprint density at radius 2 is 1.95 bits per heavy atom. The Bertz CT molecular complexity index is 699. The monoisotopic (exact) mass is 285 g/mol. The number of phenols is 1. The van der Waals surface area contributed by atoms with Crippen molar-refractivity contribution in [2.45, 2.75) is 0 Å². The van der Waals surface area contributed by atoms with Gasteiger partial charge in [0.2, 0.25) is 0 Å². The zero-order chi connectivity index (χ0) is 15.2. The van der Waals surface area contributed by atoms with Crippen molar-refractivity contribution in [1.29, 1.82) is 0 Å². The Kier molecular flexibility index (Phi) is 4.25. The van der Waals surface area contributed by atoms with Gasteiger partial charge in [-0.25, -0.2) is 5.43 Å². The number of carbonyl (C=O) groups is 1. The maximum absolute atomic E-state index is 11.7. The second-order valence-electron chi connectivity index (χ2n) is 4.07. The van der Waals surface area contributed by atoms with Crippen LogP contribution >= 0.6 is 0 Å². The van der Waals surface area contributed by atoms with Crippen molar-refractivity contribution >= 4 is 17.8 Å². The summed E-state index contributed by atoms with van der Waals surface area (Å²) in [6, 6.07) is 12.3. The smallest absolute Gasteiger partial charge is 0.310 e. The molecule has 1 amide bonds. The Morgan fingerprint density at radius 3 is 2.57 bits per heavy atom. The third-order valence-electron chi connectivity index (χ3n) is 2.61. The van der Waals surface area contributed by atoms with Gasteiger partial charge >= 0.3 is 5.69 Å². The van der Waals surface area contributed by atoms with Crippen LogP contribution in [0.5, 0.6) is 5.75 Å². The number of rotatable bonds is 4. The number of hydrogen-bond donors (Lipinski definition) is 2. The van der Waals surface area contributed by atoms with Gasteiger partial charge in [0.25, 0.3) is 5.91 Å². The minimum absolute atomic E-state index is 0.377. The highest BCUT2D eigenvalue weighted by Crippen LogP contribution is 2.25. The van der Waals surface area contributed by atoms with Crippen molar-refractivity contribution in [1.82, 2.24) is 5.43 Å². The van der Waals surface area contributed by atoms with Crippen LogP contribution in [0.2, 0.25) is 0 Å². The van der Waals surface area contributed by atoms with Gasteiger partial charge in [-0.1, -0.05) is 18.2 Å². The van der Waals surface area contributed by atoms with Crippen molar-refractivity contribution in [3.05, 3.63) is 69.8 Å². The molecular formula is C14H11N3O4. The molecule has 7 nitrogen and oxygen atoms in total. The van der Waals surface area contributed by atoms with E-state index in [-0.39, 0.29) is 11.6 Å². The third-order valence-corrected chi connectivity index (χ3v) is 2.61. The average Bonchev–Trinajstić information content (AvgIpc) is 2.47. The second kappa shape index (κ2) is 6.29. The van der Waals surface area contributed by atoms with Crippen LogP contribution in [0.3, 0.4) is 0 Å². The van der Waals surface area contributed by atoms with Gasteiger partial charge in [-0.3, -0.25) is 14.9 Å². The fourth-order valence-electron chi connectivity index (χ4n) is 1.59. The first-order chi connectivity index (χ1) is 10.1. The highest BCUT2D eigenvalue weighted by molar-refractivity contribution is 5.94. The first-order valence-electron chi connectivity index (χ1n) is 5.94. The predicted molar refractivity (Wildman–Crippen MR) is 76.3 cm³/mol. The van der Waals surface area contributed by atoms with Gasteiger partial charge in [0, 0.05) is 11.6 Å². The van der Waals surface area contributed by atoms with Gasteiger partial charge in [-0.15, -0.1) is 0 Å². The molecule has 0 heterocycles. The van der Waals surface area contributed by atoms with Crippen molar-refractivity contribution < 1.29 is 14.8 Å². The molecule has 2 aromatic rings. The van der Waals surface area contributed by atoms with Gasteiger partial charge in [0.1, 0.15) is 0 Å². The maximum atomic E-state index is 11.7. The number of nitrogens with zero attached hydrogens (tertiary/aromatic N) is 2. The van der Waals surface area contributed by atoms with E-state index in [1.54, 1.807) is 30.3 Å². The first-order valence-corrected chi connectivity index (χ1v) is 5.94. The largest absolute Gasteiger partial charge is 0.502 e. The lowest BCUT2D eigenvalue weighted by Gasteiger charge is -1.99. The highest BCUT2D eigenvalue weighted by Gasteiger charge is 2.12. The molecule has 0 bridgehead atoms. The van der Waals surface area contributed by atoms with E-state index in [0.717, 1.165) is 6.07 Å². The SMILES string of the molecule is O=C(NN=Cc1ccc([N+](=O)[O-])c(O)c1)c1ccccc1. The summed E-state index contributed by atoms with van der Waals surface area (Å²) in [6.07, 6.45) is 1.28. The standard InChI is InChI=1S/C14H11N3O4/c18-13-8-10(6-7-12(13)17(20)21)9-15-16-14(19)11-4-2-1-3-5-11/h1-9,18H,(H,16,19). The molecule has 0 aliphatic carbocycles. The quantitative estimate of drug-likeness (QED) is 0.509. The molecule has 2 rings (SSSR count). The first kappa shape index (κ1) is 14.2. The zero-order valence-electron chi connectivity index (χ0n) is 10.8. The second-order valence-corrected chi connectivity index (χ2v) is 4.07. The number of hydrazone groups is 1. The minimum atomic E-state index is -0.687. The van der Waals surface area contributed by atoms with Crippen LogP contribution in [-0.2, 0) is 0 Å². The number of nitro benzene ring substituents is 1. The lowest BCUT2D eigenvalue weighted by atomic mass is 10.2. The van der Waals surface area contributed by atoms with E-state index < -0.39 is 10.7 Å². The van der Waals surface area contributed by atoms with Crippen LogP contribution in [0.15, 0.2) is 53.6 Å². The minimum Gasteiger partial charge on any atom is -0.502 e. The number of nitrogens with one attached hydrogen (secondary N) is 1. The zero-order valence-corrected chi connectivity index (χ0v) is 10.8. The molecule has 0 radical (unpaired) electrons. The summed E-state index contributed by atoms with van der Waals surface area (Å²) in [5.41, 5.74) is 2.81. The molecule has 0 aliphatic heterocycles. The van der Waals surface area contributed by atoms with Gasteiger partial charge in [0.15, 0.2) is 5.75 Å². The summed E-state index contributed by atoms with van der Waals surface area (Å²) in [5.74, 6) is -0.837. The molecule has 7 heteroatoms. The van der Waals surface area contributed by atoms with Crippen LogP contribution < -0.4 is 5.43 Å². The van der Waals surface area contributed by atoms with Crippen LogP contribution in [0.25, 0.3) is 0 Å². The average molecular weight is 285 g/mol. The molecule has 0 aliphatic rings. The number of amides is 1. The van der Waals surface area contributed by atoms with Crippen molar-refractivity contribution in [3.63, 3.8) is 0 Å². The molecule has 106 valence electrons. The van der Waals surface area contributed by atoms with Gasteiger partial charge in [-0.05, 0) is 29.8 Å². The van der Waals surface area contributed by atoms with E-state index in [9.17, 15) is 20.0 Å². The topological polar surface area (TPSA) is 105 Å². The van der Waals surface area contributed by atoms with Crippen molar-refractivity contribution in [3.8, 4) is 5.75 Å². The molecule has 0 fully saturated rings. The molecule has 2 N–H and O–H groups in total. The Balaban J connectivity index is 2.03. The summed E-state index contributed by atoms with van der Waals surface area (Å²) in [7, 11) is 0. The van der Waals surface area contributed by atoms with Crippen LogP contribution in [0.1, 0.15) is 15.9 Å². The molecule has 0 saturated carbocycles. The van der Waals surface area contributed by atoms with Crippen LogP contribution in [0, 0.1) is 10.1 Å². The van der Waals surface area contributed by atoms with E-state index in [0.29, 0.717) is 11.1 Å². The van der Waals surface area contributed by atoms with Crippen molar-refractivity contribution in [2.24, 2.45) is 5.10 Å². The number of nitro groups is 1. The number of aromatic hydroxyl groups is 1. The molecule has 0 unspecified atom stereocenters. The molecule has 0 saturated heterocycles. The maximum Gasteiger partial charge on any atom is 0.310 e. The fraction of sp³-hybridized carbons (Fsp3) is 0. The Hall–Kier alpha value is -3.22. The third kappa shape index (κ3) is 3.63. The Labute approximate surface area is 119 Å². The van der Waals surface area contributed by atoms with E-state index in [2.05, 4.69) is 10.5 Å². The molecule has 0 atom stereocenters. The summed E-state index contributed by atoms with van der Waals surface area (Å²) in [6.45, 7) is 0. The summed E-state index contributed by atoms with van der Waals surface area (Å²) < 4.78 is 0. The van der Waals surface area contributed by atoms with Crippen LogP contribution in [0.4, 0.5) is 5.69 Å². The Morgan fingerprint density at radius 1 is 1.24 bits per heavy atom. The number of phenolic OH excluding ortho intramolecular Hbond substituents is 1. The van der Waals surface area contributed by atoms with E-state index in [4.69, 9.17) is 0 Å². The van der Waals surface area contributed by atoms with Crippen molar-refractivity contribution in [2.75, 3.05) is 0 Å². The molecule has 21 heavy (non-hydrogen) atoms. The molecule has 0 spiro atoms. The number of carbonyl (C=O) groups excluding carboxylic acids is 1. The summed E-state index contributed by atoms with van der Waals surface area (Å²) >= 11 is 0. The molecule has 0 aromatic heterocycles. The molecule has 2 aromatic carbocycles. The summed E-state index contributed by atoms with van der Waals surface area (Å²) in [5, 5.41) is 23.7. The number of benzene rings is 2. The van der Waals surface area contributed by atoms with Gasteiger partial charge in [-0.2, -0.15) is 5.10 Å². The lowest BCUT2D eigenvalue weighted by molar-refractivity contribution is -0.385. The fourth-order valence-corrected chi connectivity index (χ4v) is 1.59. The normalized spacial score (nSPS) is 10.5. The molecular weight excluding hydrogens is 274 g/mol. The van der Waals surface area contributed by atoms with E-state index in [1.165, 1.54) is 18.3 Å². The highest BCUT2D eigenvalue weighted by atomic mass is 16.6. The van der Waals surface area contributed by atoms with Crippen LogP contribution in [-0.4, -0.2) is 22.2 Å². The summed E-state index contributed by atoms with van der Waals surface area (Å²) in [4.78, 5) is 21.5. The lowest BCUT2D eigenvalue weighted by Crippen LogP contribution is -2.17.